The topological polar surface area (TPSA) is 38.9 Å². The summed E-state index contributed by atoms with van der Waals surface area (Å²) in [4.78, 5) is 9.17. The van der Waals surface area contributed by atoms with Crippen LogP contribution < -0.4 is 0 Å². The van der Waals surface area contributed by atoms with Crippen LogP contribution in [0.3, 0.4) is 0 Å². The van der Waals surface area contributed by atoms with Gasteiger partial charge in [-0.25, -0.2) is 9.97 Å². The fourth-order valence-electron chi connectivity index (χ4n) is 4.45. The van der Waals surface area contributed by atoms with Gasteiger partial charge in [-0.2, -0.15) is 0 Å². The van der Waals surface area contributed by atoms with Gasteiger partial charge in [0.25, 0.3) is 0 Å². The molecule has 0 saturated heterocycles. The average Bonchev–Trinajstić information content (AvgIpc) is 3.36. The highest BCUT2D eigenvalue weighted by molar-refractivity contribution is 7.26. The van der Waals surface area contributed by atoms with E-state index in [2.05, 4.69) is 64.6 Å². The second-order valence-electron chi connectivity index (χ2n) is 7.59. The number of thiophene rings is 1. The van der Waals surface area contributed by atoms with Gasteiger partial charge in [-0.15, -0.1) is 11.3 Å². The SMILES string of the molecule is Clc1nc(-c2ccc3oc4ccc5ccccc5c4c3c2)c2sc3ccccc3c2n1. The van der Waals surface area contributed by atoms with Crippen LogP contribution in [0.4, 0.5) is 0 Å². The maximum Gasteiger partial charge on any atom is 0.223 e. The Kier molecular flexibility index (Phi) is 3.48. The van der Waals surface area contributed by atoms with E-state index in [1.54, 1.807) is 11.3 Å². The van der Waals surface area contributed by atoms with Crippen LogP contribution in [0.5, 0.6) is 0 Å². The molecule has 5 heteroatoms. The van der Waals surface area contributed by atoms with Crippen molar-refractivity contribution in [1.82, 2.24) is 9.97 Å². The summed E-state index contributed by atoms with van der Waals surface area (Å²) < 4.78 is 8.38. The number of halogens is 1. The third-order valence-electron chi connectivity index (χ3n) is 5.83. The molecule has 0 unspecified atom stereocenters. The van der Waals surface area contributed by atoms with E-state index in [0.29, 0.717) is 0 Å². The fourth-order valence-corrected chi connectivity index (χ4v) is 5.78. The first-order valence-electron chi connectivity index (χ1n) is 9.95. The molecule has 3 aromatic heterocycles. The van der Waals surface area contributed by atoms with E-state index < -0.39 is 0 Å². The quantitative estimate of drug-likeness (QED) is 0.243. The van der Waals surface area contributed by atoms with Crippen LogP contribution in [0.1, 0.15) is 0 Å². The first-order valence-corrected chi connectivity index (χ1v) is 11.1. The zero-order valence-corrected chi connectivity index (χ0v) is 17.7. The van der Waals surface area contributed by atoms with Crippen LogP contribution in [-0.4, -0.2) is 9.97 Å². The minimum Gasteiger partial charge on any atom is -0.456 e. The molecular formula is C26H13ClN2OS. The Hall–Kier alpha value is -3.47. The second kappa shape index (κ2) is 6.27. The Bertz CT molecular complexity index is 1820. The molecule has 31 heavy (non-hydrogen) atoms. The van der Waals surface area contributed by atoms with Crippen LogP contribution in [0, 0.1) is 0 Å². The summed E-state index contributed by atoms with van der Waals surface area (Å²) in [6, 6.07) is 27.0. The minimum atomic E-state index is 0.258. The molecule has 0 amide bonds. The van der Waals surface area contributed by atoms with Gasteiger partial charge in [0.05, 0.1) is 15.9 Å². The molecule has 0 atom stereocenters. The van der Waals surface area contributed by atoms with Crippen LogP contribution >= 0.6 is 22.9 Å². The van der Waals surface area contributed by atoms with E-state index >= 15 is 0 Å². The van der Waals surface area contributed by atoms with Gasteiger partial charge in [-0.05, 0) is 52.7 Å². The number of fused-ring (bicyclic) bond motifs is 8. The Balaban J connectivity index is 1.59. The molecule has 0 saturated carbocycles. The fraction of sp³-hybridized carbons (Fsp3) is 0. The maximum atomic E-state index is 6.37. The van der Waals surface area contributed by atoms with Gasteiger partial charge < -0.3 is 4.42 Å². The number of nitrogens with zero attached hydrogens (tertiary/aromatic N) is 2. The van der Waals surface area contributed by atoms with Gasteiger partial charge in [0.15, 0.2) is 0 Å². The average molecular weight is 437 g/mol. The first kappa shape index (κ1) is 17.2. The van der Waals surface area contributed by atoms with Crippen molar-refractivity contribution >= 4 is 76.0 Å². The molecule has 146 valence electrons. The highest BCUT2D eigenvalue weighted by Crippen LogP contribution is 2.41. The van der Waals surface area contributed by atoms with E-state index in [-0.39, 0.29) is 5.28 Å². The molecule has 4 aromatic carbocycles. The van der Waals surface area contributed by atoms with Crippen LogP contribution in [0.15, 0.2) is 83.3 Å². The van der Waals surface area contributed by atoms with Crippen molar-refractivity contribution in [3.63, 3.8) is 0 Å². The largest absolute Gasteiger partial charge is 0.456 e. The van der Waals surface area contributed by atoms with Crippen molar-refractivity contribution in [3.05, 3.63) is 84.1 Å². The van der Waals surface area contributed by atoms with Crippen LogP contribution in [0.25, 0.3) is 64.3 Å². The summed E-state index contributed by atoms with van der Waals surface area (Å²) in [7, 11) is 0. The summed E-state index contributed by atoms with van der Waals surface area (Å²) in [6.45, 7) is 0. The van der Waals surface area contributed by atoms with Gasteiger partial charge in [-0.3, -0.25) is 0 Å². The summed E-state index contributed by atoms with van der Waals surface area (Å²) in [5, 5.41) is 5.95. The Morgan fingerprint density at radius 3 is 2.48 bits per heavy atom. The molecule has 7 rings (SSSR count). The molecule has 3 nitrogen and oxygen atoms in total. The third-order valence-corrected chi connectivity index (χ3v) is 7.16. The van der Waals surface area contributed by atoms with Crippen LogP contribution in [-0.2, 0) is 0 Å². The molecule has 7 aromatic rings. The van der Waals surface area contributed by atoms with E-state index in [1.165, 1.54) is 15.5 Å². The van der Waals surface area contributed by atoms with Crippen molar-refractivity contribution in [2.75, 3.05) is 0 Å². The molecule has 0 aliphatic rings. The number of hydrogen-bond acceptors (Lipinski definition) is 4. The van der Waals surface area contributed by atoms with Crippen molar-refractivity contribution in [2.24, 2.45) is 0 Å². The Morgan fingerprint density at radius 1 is 0.742 bits per heavy atom. The second-order valence-corrected chi connectivity index (χ2v) is 8.98. The van der Waals surface area contributed by atoms with E-state index in [9.17, 15) is 0 Å². The zero-order valence-electron chi connectivity index (χ0n) is 16.1. The predicted molar refractivity (Wildman–Crippen MR) is 130 cm³/mol. The van der Waals surface area contributed by atoms with Crippen molar-refractivity contribution in [3.8, 4) is 11.3 Å². The smallest absolute Gasteiger partial charge is 0.223 e. The minimum absolute atomic E-state index is 0.258. The van der Waals surface area contributed by atoms with Gasteiger partial charge >= 0.3 is 0 Å². The first-order chi connectivity index (χ1) is 15.3. The lowest BCUT2D eigenvalue weighted by molar-refractivity contribution is 0.669. The summed E-state index contributed by atoms with van der Waals surface area (Å²) in [6.07, 6.45) is 0. The molecule has 0 bridgehead atoms. The van der Waals surface area contributed by atoms with Gasteiger partial charge in [-0.1, -0.05) is 48.5 Å². The van der Waals surface area contributed by atoms with E-state index in [4.69, 9.17) is 16.0 Å². The summed E-state index contributed by atoms with van der Waals surface area (Å²) in [5.41, 5.74) is 4.51. The molecule has 0 radical (unpaired) electrons. The number of hydrogen-bond donors (Lipinski definition) is 0. The lowest BCUT2D eigenvalue weighted by Gasteiger charge is -2.04. The third kappa shape index (κ3) is 2.46. The van der Waals surface area contributed by atoms with Gasteiger partial charge in [0, 0.05) is 26.4 Å². The summed E-state index contributed by atoms with van der Waals surface area (Å²) >= 11 is 8.06. The van der Waals surface area contributed by atoms with Crippen molar-refractivity contribution in [1.29, 1.82) is 0 Å². The van der Waals surface area contributed by atoms with Crippen molar-refractivity contribution in [2.45, 2.75) is 0 Å². The molecule has 0 aliphatic heterocycles. The zero-order chi connectivity index (χ0) is 20.5. The molecular weight excluding hydrogens is 424 g/mol. The predicted octanol–water partition coefficient (Wildman–Crippen LogP) is 8.22. The number of rotatable bonds is 1. The number of furan rings is 1. The van der Waals surface area contributed by atoms with E-state index in [0.717, 1.165) is 48.8 Å². The highest BCUT2D eigenvalue weighted by atomic mass is 35.5. The molecule has 0 spiro atoms. The maximum absolute atomic E-state index is 6.37. The van der Waals surface area contributed by atoms with Gasteiger partial charge in [0.1, 0.15) is 11.2 Å². The lowest BCUT2D eigenvalue weighted by atomic mass is 10.0. The number of aromatic nitrogens is 2. The normalized spacial score (nSPS) is 12.0. The van der Waals surface area contributed by atoms with Crippen molar-refractivity contribution < 1.29 is 4.42 Å². The Morgan fingerprint density at radius 2 is 1.55 bits per heavy atom. The molecule has 3 heterocycles. The molecule has 0 N–H and O–H groups in total. The standard InChI is InChI=1S/C26H13ClN2OS/c27-26-28-23(25-24(29-26)17-7-3-4-8-21(17)31-25)15-10-11-19-18(13-15)22-16-6-2-1-5-14(16)9-12-20(22)30-19/h1-13H. The molecule has 0 fully saturated rings. The lowest BCUT2D eigenvalue weighted by Crippen LogP contribution is -1.88. The number of benzene rings is 4. The van der Waals surface area contributed by atoms with Gasteiger partial charge in [0.2, 0.25) is 5.28 Å². The Labute approximate surface area is 185 Å². The highest BCUT2D eigenvalue weighted by Gasteiger charge is 2.17. The van der Waals surface area contributed by atoms with Crippen LogP contribution in [0.2, 0.25) is 5.28 Å². The monoisotopic (exact) mass is 436 g/mol. The van der Waals surface area contributed by atoms with E-state index in [1.807, 2.05) is 24.3 Å². The molecule has 0 aliphatic carbocycles. The summed E-state index contributed by atoms with van der Waals surface area (Å²) in [5.74, 6) is 0.